The largest absolute Gasteiger partial charge is 0.496 e. The van der Waals surface area contributed by atoms with Gasteiger partial charge in [-0.25, -0.2) is 0 Å². The van der Waals surface area contributed by atoms with Gasteiger partial charge in [-0.15, -0.1) is 11.6 Å². The summed E-state index contributed by atoms with van der Waals surface area (Å²) in [5, 5.41) is 0. The van der Waals surface area contributed by atoms with E-state index in [1.165, 1.54) is 0 Å². The van der Waals surface area contributed by atoms with E-state index in [1.807, 2.05) is 25.1 Å². The molecule has 0 N–H and O–H groups in total. The second-order valence-electron chi connectivity index (χ2n) is 4.60. The van der Waals surface area contributed by atoms with Crippen LogP contribution in [0, 0.1) is 6.92 Å². The third kappa shape index (κ3) is 3.67. The molecule has 0 aromatic heterocycles. The van der Waals surface area contributed by atoms with E-state index in [1.54, 1.807) is 7.11 Å². The van der Waals surface area contributed by atoms with Crippen molar-refractivity contribution in [2.24, 2.45) is 0 Å². The highest BCUT2D eigenvalue weighted by molar-refractivity contribution is 6.17. The monoisotopic (exact) mass is 290 g/mol. The van der Waals surface area contributed by atoms with Gasteiger partial charge in [0, 0.05) is 5.88 Å². The Kier molecular flexibility index (Phi) is 5.31. The first-order chi connectivity index (χ1) is 9.74. The second-order valence-corrected chi connectivity index (χ2v) is 4.98. The Morgan fingerprint density at radius 2 is 1.85 bits per heavy atom. The van der Waals surface area contributed by atoms with Crippen LogP contribution < -0.4 is 9.47 Å². The van der Waals surface area contributed by atoms with Crippen LogP contribution in [0.4, 0.5) is 0 Å². The second kappa shape index (κ2) is 7.20. The number of aryl methyl sites for hydroxylation is 1. The summed E-state index contributed by atoms with van der Waals surface area (Å²) in [6, 6.07) is 14.3. The molecule has 2 aromatic carbocycles. The van der Waals surface area contributed by atoms with Crippen molar-refractivity contribution in [2.45, 2.75) is 13.3 Å². The molecule has 0 spiro atoms. The summed E-state index contributed by atoms with van der Waals surface area (Å²) in [6.07, 6.45) is 0.855. The Bertz CT molecular complexity index is 567. The lowest BCUT2D eigenvalue weighted by molar-refractivity contribution is 0.318. The van der Waals surface area contributed by atoms with Crippen molar-refractivity contribution in [3.63, 3.8) is 0 Å². The molecular weight excluding hydrogens is 272 g/mol. The van der Waals surface area contributed by atoms with E-state index < -0.39 is 0 Å². The molecule has 0 heterocycles. The third-order valence-corrected chi connectivity index (χ3v) is 3.38. The van der Waals surface area contributed by atoms with Crippen LogP contribution in [-0.4, -0.2) is 19.6 Å². The Morgan fingerprint density at radius 1 is 1.05 bits per heavy atom. The molecule has 2 rings (SSSR count). The lowest BCUT2D eigenvalue weighted by Crippen LogP contribution is -1.97. The predicted molar refractivity (Wildman–Crippen MR) is 84.0 cm³/mol. The van der Waals surface area contributed by atoms with Gasteiger partial charge in [0.05, 0.1) is 13.7 Å². The van der Waals surface area contributed by atoms with Gasteiger partial charge in [0.1, 0.15) is 11.5 Å². The number of halogens is 1. The summed E-state index contributed by atoms with van der Waals surface area (Å²) in [6.45, 7) is 2.69. The average molecular weight is 291 g/mol. The van der Waals surface area contributed by atoms with Gasteiger partial charge < -0.3 is 9.47 Å². The van der Waals surface area contributed by atoms with Crippen molar-refractivity contribution in [3.8, 4) is 22.6 Å². The van der Waals surface area contributed by atoms with Crippen molar-refractivity contribution >= 4 is 11.6 Å². The highest BCUT2D eigenvalue weighted by Crippen LogP contribution is 2.28. The molecule has 106 valence electrons. The molecular formula is C17H19ClO2. The number of benzene rings is 2. The Hall–Kier alpha value is -1.67. The topological polar surface area (TPSA) is 18.5 Å². The first kappa shape index (κ1) is 14.7. The Labute approximate surface area is 125 Å². The number of alkyl halides is 1. The molecule has 0 saturated heterocycles. The fourth-order valence-electron chi connectivity index (χ4n) is 2.07. The van der Waals surface area contributed by atoms with E-state index in [0.29, 0.717) is 12.5 Å². The van der Waals surface area contributed by atoms with Gasteiger partial charge in [-0.05, 0) is 54.3 Å². The summed E-state index contributed by atoms with van der Waals surface area (Å²) in [4.78, 5) is 0. The van der Waals surface area contributed by atoms with E-state index >= 15 is 0 Å². The molecule has 2 nitrogen and oxygen atoms in total. The maximum Gasteiger partial charge on any atom is 0.121 e. The van der Waals surface area contributed by atoms with Gasteiger partial charge in [-0.1, -0.05) is 18.2 Å². The average Bonchev–Trinajstić information content (AvgIpc) is 2.48. The van der Waals surface area contributed by atoms with Gasteiger partial charge >= 0.3 is 0 Å². The highest BCUT2D eigenvalue weighted by atomic mass is 35.5. The fourth-order valence-corrected chi connectivity index (χ4v) is 2.18. The third-order valence-electron chi connectivity index (χ3n) is 3.11. The van der Waals surface area contributed by atoms with E-state index in [-0.39, 0.29) is 0 Å². The van der Waals surface area contributed by atoms with Crippen molar-refractivity contribution < 1.29 is 9.47 Å². The zero-order valence-electron chi connectivity index (χ0n) is 11.9. The first-order valence-electron chi connectivity index (χ1n) is 6.68. The highest BCUT2D eigenvalue weighted by Gasteiger charge is 2.03. The zero-order chi connectivity index (χ0) is 14.4. The lowest BCUT2D eigenvalue weighted by atomic mass is 10.0. The van der Waals surface area contributed by atoms with E-state index in [4.69, 9.17) is 21.1 Å². The minimum absolute atomic E-state index is 0.622. The maximum atomic E-state index is 5.67. The molecule has 0 unspecified atom stereocenters. The molecule has 20 heavy (non-hydrogen) atoms. The molecule has 0 fully saturated rings. The van der Waals surface area contributed by atoms with Crippen molar-refractivity contribution in [2.75, 3.05) is 19.6 Å². The molecule has 0 amide bonds. The molecule has 0 aliphatic carbocycles. The van der Waals surface area contributed by atoms with Crippen LogP contribution in [0.25, 0.3) is 11.1 Å². The Balaban J connectivity index is 2.19. The van der Waals surface area contributed by atoms with Crippen LogP contribution in [0.15, 0.2) is 42.5 Å². The van der Waals surface area contributed by atoms with Gasteiger partial charge in [-0.2, -0.15) is 0 Å². The smallest absolute Gasteiger partial charge is 0.121 e. The fraction of sp³-hybridized carbons (Fsp3) is 0.294. The minimum atomic E-state index is 0.622. The summed E-state index contributed by atoms with van der Waals surface area (Å²) >= 11 is 5.65. The van der Waals surface area contributed by atoms with Gasteiger partial charge in [0.25, 0.3) is 0 Å². The molecule has 0 atom stereocenters. The molecule has 3 heteroatoms. The van der Waals surface area contributed by atoms with Crippen LogP contribution in [0.3, 0.4) is 0 Å². The van der Waals surface area contributed by atoms with Crippen LogP contribution >= 0.6 is 11.6 Å². The Morgan fingerprint density at radius 3 is 2.55 bits per heavy atom. The maximum absolute atomic E-state index is 5.67. The number of hydrogen-bond acceptors (Lipinski definition) is 2. The van der Waals surface area contributed by atoms with Crippen LogP contribution in [0.2, 0.25) is 0 Å². The normalized spacial score (nSPS) is 10.3. The molecule has 0 aliphatic rings. The summed E-state index contributed by atoms with van der Waals surface area (Å²) < 4.78 is 11.0. The number of hydrogen-bond donors (Lipinski definition) is 0. The SMILES string of the molecule is COc1ccc(-c2cccc(OCCCCl)c2)cc1C. The van der Waals surface area contributed by atoms with Crippen molar-refractivity contribution in [1.82, 2.24) is 0 Å². The standard InChI is InChI=1S/C17H19ClO2/c1-13-11-15(7-8-17(13)19-2)14-5-3-6-16(12-14)20-10-4-9-18/h3,5-8,11-12H,4,9-10H2,1-2H3. The van der Waals surface area contributed by atoms with Crippen molar-refractivity contribution in [1.29, 1.82) is 0 Å². The summed E-state index contributed by atoms with van der Waals surface area (Å²) in [5.74, 6) is 2.40. The molecule has 0 aliphatic heterocycles. The zero-order valence-corrected chi connectivity index (χ0v) is 12.6. The lowest BCUT2D eigenvalue weighted by Gasteiger charge is -2.10. The van der Waals surface area contributed by atoms with Crippen LogP contribution in [-0.2, 0) is 0 Å². The summed E-state index contributed by atoms with van der Waals surface area (Å²) in [5.41, 5.74) is 3.42. The molecule has 0 bridgehead atoms. The minimum Gasteiger partial charge on any atom is -0.496 e. The van der Waals surface area contributed by atoms with Crippen LogP contribution in [0.1, 0.15) is 12.0 Å². The van der Waals surface area contributed by atoms with Crippen molar-refractivity contribution in [3.05, 3.63) is 48.0 Å². The predicted octanol–water partition coefficient (Wildman–Crippen LogP) is 4.68. The molecule has 0 radical (unpaired) electrons. The van der Waals surface area contributed by atoms with Gasteiger partial charge in [-0.3, -0.25) is 0 Å². The number of ether oxygens (including phenoxy) is 2. The number of methoxy groups -OCH3 is 1. The number of rotatable bonds is 6. The van der Waals surface area contributed by atoms with E-state index in [9.17, 15) is 0 Å². The quantitative estimate of drug-likeness (QED) is 0.568. The molecule has 2 aromatic rings. The first-order valence-corrected chi connectivity index (χ1v) is 7.22. The van der Waals surface area contributed by atoms with E-state index in [0.717, 1.165) is 34.6 Å². The van der Waals surface area contributed by atoms with E-state index in [2.05, 4.69) is 24.3 Å². The van der Waals surface area contributed by atoms with Gasteiger partial charge in [0.15, 0.2) is 0 Å². The molecule has 0 saturated carbocycles. The van der Waals surface area contributed by atoms with Gasteiger partial charge in [0.2, 0.25) is 0 Å². The van der Waals surface area contributed by atoms with Crippen LogP contribution in [0.5, 0.6) is 11.5 Å². The summed E-state index contributed by atoms with van der Waals surface area (Å²) in [7, 11) is 1.69.